The molecule has 0 bridgehead atoms. The Morgan fingerprint density at radius 2 is 2.11 bits per heavy atom. The van der Waals surface area contributed by atoms with Crippen molar-refractivity contribution in [1.29, 1.82) is 0 Å². The van der Waals surface area contributed by atoms with Crippen molar-refractivity contribution >= 4 is 0 Å². The van der Waals surface area contributed by atoms with Crippen LogP contribution in [0.5, 0.6) is 11.9 Å². The number of hydrogen-bond donors (Lipinski definition) is 1. The van der Waals surface area contributed by atoms with Crippen molar-refractivity contribution < 1.29 is 4.74 Å². The normalized spacial score (nSPS) is 10.9. The molecule has 0 spiro atoms. The Hall–Kier alpha value is -2.02. The fraction of sp³-hybridized carbons (Fsp3) is 0.500. The van der Waals surface area contributed by atoms with Crippen LogP contribution in [0.2, 0.25) is 0 Å². The van der Waals surface area contributed by atoms with Crippen molar-refractivity contribution in [1.82, 2.24) is 30.0 Å². The van der Waals surface area contributed by atoms with Crippen LogP contribution in [-0.4, -0.2) is 31.3 Å². The summed E-state index contributed by atoms with van der Waals surface area (Å²) in [6.07, 6.45) is 4.82. The fourth-order valence-corrected chi connectivity index (χ4v) is 1.44. The van der Waals surface area contributed by atoms with E-state index in [1.165, 1.54) is 0 Å². The molecule has 0 aromatic carbocycles. The van der Waals surface area contributed by atoms with Gasteiger partial charge in [-0.05, 0) is 12.5 Å². The second-order valence-electron chi connectivity index (χ2n) is 4.67. The third kappa shape index (κ3) is 4.29. The van der Waals surface area contributed by atoms with Gasteiger partial charge in [-0.2, -0.15) is 4.98 Å². The molecule has 102 valence electrons. The van der Waals surface area contributed by atoms with E-state index in [9.17, 15) is 0 Å². The van der Waals surface area contributed by atoms with Crippen molar-refractivity contribution in [2.45, 2.75) is 20.4 Å². The summed E-state index contributed by atoms with van der Waals surface area (Å²) in [5.74, 6) is 1.00. The van der Waals surface area contributed by atoms with E-state index < -0.39 is 0 Å². The first kappa shape index (κ1) is 13.4. The van der Waals surface area contributed by atoms with Crippen LogP contribution in [0.3, 0.4) is 0 Å². The largest absolute Gasteiger partial charge is 0.402 e. The highest BCUT2D eigenvalue weighted by molar-refractivity contribution is 5.11. The Kier molecular flexibility index (Phi) is 4.40. The maximum Gasteiger partial charge on any atom is 0.342 e. The van der Waals surface area contributed by atoms with Gasteiger partial charge in [0.1, 0.15) is 6.33 Å². The molecule has 0 fully saturated rings. The molecule has 2 rings (SSSR count). The molecule has 1 N–H and O–H groups in total. The first-order valence-corrected chi connectivity index (χ1v) is 6.18. The van der Waals surface area contributed by atoms with Gasteiger partial charge in [-0.3, -0.25) is 9.67 Å². The lowest BCUT2D eigenvalue weighted by molar-refractivity contribution is 0.419. The summed E-state index contributed by atoms with van der Waals surface area (Å²) in [5.41, 5.74) is 0.877. The van der Waals surface area contributed by atoms with Gasteiger partial charge in [0.2, 0.25) is 5.88 Å². The molecular weight excluding hydrogens is 244 g/mol. The molecule has 7 nitrogen and oxygen atoms in total. The van der Waals surface area contributed by atoms with E-state index in [2.05, 4.69) is 39.2 Å². The van der Waals surface area contributed by atoms with E-state index in [0.717, 1.165) is 12.2 Å². The van der Waals surface area contributed by atoms with Crippen molar-refractivity contribution in [3.63, 3.8) is 0 Å². The van der Waals surface area contributed by atoms with Crippen LogP contribution in [0.25, 0.3) is 0 Å². The molecule has 0 amide bonds. The van der Waals surface area contributed by atoms with Crippen molar-refractivity contribution in [3.8, 4) is 11.9 Å². The van der Waals surface area contributed by atoms with Crippen molar-refractivity contribution in [2.24, 2.45) is 13.0 Å². The first-order valence-electron chi connectivity index (χ1n) is 6.18. The van der Waals surface area contributed by atoms with Crippen LogP contribution >= 0.6 is 0 Å². The van der Waals surface area contributed by atoms with Crippen LogP contribution in [0.4, 0.5) is 0 Å². The first-order chi connectivity index (χ1) is 9.13. The lowest BCUT2D eigenvalue weighted by Gasteiger charge is -2.06. The minimum atomic E-state index is 0.266. The minimum absolute atomic E-state index is 0.266. The average molecular weight is 262 g/mol. The molecule has 0 unspecified atom stereocenters. The Morgan fingerprint density at radius 1 is 1.26 bits per heavy atom. The average Bonchev–Trinajstić information content (AvgIpc) is 2.77. The number of aryl methyl sites for hydroxylation is 1. The van der Waals surface area contributed by atoms with Gasteiger partial charge < -0.3 is 10.1 Å². The lowest BCUT2D eigenvalue weighted by atomic mass is 10.2. The number of rotatable bonds is 6. The number of nitrogens with zero attached hydrogens (tertiary/aromatic N) is 5. The molecule has 19 heavy (non-hydrogen) atoms. The van der Waals surface area contributed by atoms with E-state index in [1.54, 1.807) is 30.5 Å². The summed E-state index contributed by atoms with van der Waals surface area (Å²) in [5, 5.41) is 7.30. The van der Waals surface area contributed by atoms with E-state index in [-0.39, 0.29) is 6.01 Å². The summed E-state index contributed by atoms with van der Waals surface area (Å²) < 4.78 is 6.92. The molecule has 0 aliphatic rings. The molecular formula is C12H18N6O. The second kappa shape index (κ2) is 6.24. The summed E-state index contributed by atoms with van der Waals surface area (Å²) in [6, 6.07) is 0.266. The monoisotopic (exact) mass is 262 g/mol. The summed E-state index contributed by atoms with van der Waals surface area (Å²) in [6.45, 7) is 5.98. The third-order valence-corrected chi connectivity index (χ3v) is 2.31. The molecule has 0 radical (unpaired) electrons. The van der Waals surface area contributed by atoms with Gasteiger partial charge in [0.25, 0.3) is 0 Å². The van der Waals surface area contributed by atoms with E-state index in [1.807, 2.05) is 0 Å². The van der Waals surface area contributed by atoms with Gasteiger partial charge in [0.05, 0.1) is 18.1 Å². The van der Waals surface area contributed by atoms with Crippen LogP contribution in [0.15, 0.2) is 18.7 Å². The lowest BCUT2D eigenvalue weighted by Crippen LogP contribution is -2.19. The molecule has 0 aliphatic heterocycles. The van der Waals surface area contributed by atoms with Crippen LogP contribution in [0.1, 0.15) is 19.5 Å². The van der Waals surface area contributed by atoms with Gasteiger partial charge in [0, 0.05) is 13.6 Å². The topological polar surface area (TPSA) is 77.8 Å². The zero-order valence-corrected chi connectivity index (χ0v) is 11.4. The van der Waals surface area contributed by atoms with Crippen molar-refractivity contribution in [3.05, 3.63) is 24.4 Å². The minimum Gasteiger partial charge on any atom is -0.402 e. The van der Waals surface area contributed by atoms with Gasteiger partial charge in [-0.1, -0.05) is 13.8 Å². The zero-order chi connectivity index (χ0) is 13.7. The maximum atomic E-state index is 5.36. The predicted molar refractivity (Wildman–Crippen MR) is 69.7 cm³/mol. The quantitative estimate of drug-likeness (QED) is 0.841. The Balaban J connectivity index is 1.87. The Bertz CT molecular complexity index is 507. The van der Waals surface area contributed by atoms with E-state index in [4.69, 9.17) is 4.74 Å². The number of nitrogens with one attached hydrogen (secondary N) is 1. The van der Waals surface area contributed by atoms with Crippen LogP contribution in [-0.2, 0) is 13.6 Å². The second-order valence-corrected chi connectivity index (χ2v) is 4.67. The highest BCUT2D eigenvalue weighted by Gasteiger charge is 2.04. The van der Waals surface area contributed by atoms with Crippen LogP contribution < -0.4 is 10.1 Å². The van der Waals surface area contributed by atoms with Gasteiger partial charge in [0.15, 0.2) is 0 Å². The molecule has 2 heterocycles. The van der Waals surface area contributed by atoms with Crippen molar-refractivity contribution in [2.75, 3.05) is 6.54 Å². The maximum absolute atomic E-state index is 5.36. The summed E-state index contributed by atoms with van der Waals surface area (Å²) in [7, 11) is 1.77. The third-order valence-electron chi connectivity index (χ3n) is 2.31. The number of hydrogen-bond acceptors (Lipinski definition) is 6. The molecule has 0 aliphatic carbocycles. The summed E-state index contributed by atoms with van der Waals surface area (Å²) >= 11 is 0. The smallest absolute Gasteiger partial charge is 0.342 e. The Morgan fingerprint density at radius 3 is 2.68 bits per heavy atom. The van der Waals surface area contributed by atoms with E-state index >= 15 is 0 Å². The molecule has 0 saturated carbocycles. The van der Waals surface area contributed by atoms with Gasteiger partial charge in [-0.25, -0.2) is 4.98 Å². The summed E-state index contributed by atoms with van der Waals surface area (Å²) in [4.78, 5) is 12.4. The standard InChI is InChI=1S/C12H18N6O/c1-9(2)4-13-5-10-6-15-11(7-14-10)19-12-16-8-18(3)17-12/h6-9,13H,4-5H2,1-3H3. The number of aromatic nitrogens is 5. The number of ether oxygens (including phenoxy) is 1. The molecule has 7 heteroatoms. The molecule has 0 saturated heterocycles. The molecule has 2 aromatic heterocycles. The predicted octanol–water partition coefficient (Wildman–Crippen LogP) is 1.14. The highest BCUT2D eigenvalue weighted by Crippen LogP contribution is 2.12. The van der Waals surface area contributed by atoms with Crippen LogP contribution in [0, 0.1) is 5.92 Å². The Labute approximate surface area is 112 Å². The fourth-order valence-electron chi connectivity index (χ4n) is 1.44. The zero-order valence-electron chi connectivity index (χ0n) is 11.4. The SMILES string of the molecule is CC(C)CNCc1cnc(Oc2ncn(C)n2)cn1. The van der Waals surface area contributed by atoms with Gasteiger partial charge in [-0.15, -0.1) is 5.10 Å². The van der Waals surface area contributed by atoms with E-state index in [0.29, 0.717) is 18.3 Å². The molecule has 2 aromatic rings. The molecule has 0 atom stereocenters. The van der Waals surface area contributed by atoms with Gasteiger partial charge >= 0.3 is 6.01 Å². The highest BCUT2D eigenvalue weighted by atomic mass is 16.5.